The van der Waals surface area contributed by atoms with Crippen molar-refractivity contribution in [3.8, 4) is 0 Å². The van der Waals surface area contributed by atoms with Crippen molar-refractivity contribution in [2.24, 2.45) is 16.7 Å². The van der Waals surface area contributed by atoms with Gasteiger partial charge in [-0.3, -0.25) is 19.3 Å². The molecule has 1 saturated heterocycles. The SMILES string of the molecule is NC1(N2C(=O)CCC2=O)CCC(=O)CC1.NN=C(O)c1ccc(C(=O)O)cc1.[Cl][Pt]([Cl])([Cl])[Cl]. The molecule has 0 unspecified atom stereocenters. The maximum absolute atomic E-state index is 11.5. The Bertz CT molecular complexity index is 892. The third-order valence-electron chi connectivity index (χ3n) is 4.68. The third-order valence-corrected chi connectivity index (χ3v) is 4.68. The predicted octanol–water partition coefficient (Wildman–Crippen LogP) is 3.25. The molecule has 0 bridgehead atoms. The first-order valence-corrected chi connectivity index (χ1v) is 20.4. The molecule has 2 aliphatic rings. The Labute approximate surface area is 208 Å². The summed E-state index contributed by atoms with van der Waals surface area (Å²) in [6.45, 7) is 0. The van der Waals surface area contributed by atoms with Gasteiger partial charge in [0.2, 0.25) is 17.7 Å². The van der Waals surface area contributed by atoms with Crippen LogP contribution in [-0.2, 0) is 26.3 Å². The molecule has 2 amide bonds. The first-order chi connectivity index (χ1) is 15.2. The van der Waals surface area contributed by atoms with Gasteiger partial charge in [-0.15, -0.1) is 5.10 Å². The van der Waals surface area contributed by atoms with Crippen LogP contribution in [0, 0.1) is 0 Å². The molecular formula is C18H22Cl4N4O6Pt. The quantitative estimate of drug-likeness (QED) is 0.121. The number of nitrogens with two attached hydrogens (primary N) is 2. The summed E-state index contributed by atoms with van der Waals surface area (Å²) in [6.07, 6.45) is 2.06. The molecule has 2 fully saturated rings. The number of hydrogen-bond acceptors (Lipinski definition) is 7. The standard InChI is InChI=1S/C10H14N2O3.C8H8N2O3.4ClH.Pt/c11-10(5-3-7(13)4-6-10)12-8(14)1-2-9(12)15;9-10-7(11)5-1-3-6(4-2-5)8(12)13;;;;;/h1-6,11H2;1-4H,9H2,(H,10,11)(H,12,13);4*1H;/q;;;;;;+4/p-4. The van der Waals surface area contributed by atoms with Crippen LogP contribution in [0.25, 0.3) is 0 Å². The first-order valence-electron chi connectivity index (χ1n) is 9.13. The molecule has 1 aromatic rings. The summed E-state index contributed by atoms with van der Waals surface area (Å²) in [5, 5.41) is 20.6. The van der Waals surface area contributed by atoms with Crippen LogP contribution >= 0.6 is 37.7 Å². The number of nitrogens with zero attached hydrogens (tertiary/aromatic N) is 2. The topological polar surface area (TPSA) is 176 Å². The van der Waals surface area contributed by atoms with Gasteiger partial charge in [0.25, 0.3) is 0 Å². The van der Waals surface area contributed by atoms with Crippen molar-refractivity contribution in [2.75, 3.05) is 0 Å². The molecule has 6 N–H and O–H groups in total. The van der Waals surface area contributed by atoms with Crippen molar-refractivity contribution >= 4 is 67.1 Å². The van der Waals surface area contributed by atoms with Crippen LogP contribution in [0.3, 0.4) is 0 Å². The number of aliphatic hydroxyl groups excluding tert-OH is 1. The first kappa shape index (κ1) is 29.6. The Balaban J connectivity index is 0.000000277. The number of halogens is 4. The molecule has 188 valence electrons. The number of hydrazone groups is 1. The van der Waals surface area contributed by atoms with Gasteiger partial charge < -0.3 is 21.8 Å². The van der Waals surface area contributed by atoms with E-state index in [0.29, 0.717) is 31.2 Å². The van der Waals surface area contributed by atoms with E-state index >= 15 is 0 Å². The fourth-order valence-electron chi connectivity index (χ4n) is 3.10. The van der Waals surface area contributed by atoms with E-state index in [1.54, 1.807) is 0 Å². The number of Topliss-reactive ketones (excluding diaryl/α,β-unsaturated/α-hetero) is 1. The molecule has 1 saturated carbocycles. The van der Waals surface area contributed by atoms with Crippen LogP contribution in [0.5, 0.6) is 0 Å². The van der Waals surface area contributed by atoms with Gasteiger partial charge in [-0.1, -0.05) is 0 Å². The zero-order chi connectivity index (χ0) is 25.4. The Morgan fingerprint density at radius 2 is 1.30 bits per heavy atom. The Hall–Kier alpha value is -1.42. The molecular weight excluding hydrogens is 705 g/mol. The number of rotatable bonds is 3. The van der Waals surface area contributed by atoms with Crippen molar-refractivity contribution in [3.05, 3.63) is 35.4 Å². The zero-order valence-electron chi connectivity index (χ0n) is 17.0. The summed E-state index contributed by atoms with van der Waals surface area (Å²) in [5.41, 5.74) is 5.66. The van der Waals surface area contributed by atoms with Crippen LogP contribution in [0.4, 0.5) is 0 Å². The van der Waals surface area contributed by atoms with E-state index < -0.39 is 23.5 Å². The number of amides is 2. The number of carbonyl (C=O) groups is 4. The van der Waals surface area contributed by atoms with Crippen molar-refractivity contribution in [1.29, 1.82) is 0 Å². The molecule has 15 heteroatoms. The van der Waals surface area contributed by atoms with E-state index in [1.807, 2.05) is 0 Å². The van der Waals surface area contributed by atoms with E-state index in [4.69, 9.17) is 59.5 Å². The fourth-order valence-corrected chi connectivity index (χ4v) is 3.10. The van der Waals surface area contributed by atoms with Crippen LogP contribution in [0.1, 0.15) is 54.4 Å². The van der Waals surface area contributed by atoms with Crippen molar-refractivity contribution < 1.29 is 41.3 Å². The van der Waals surface area contributed by atoms with E-state index in [0.717, 1.165) is 0 Å². The monoisotopic (exact) mass is 725 g/mol. The van der Waals surface area contributed by atoms with E-state index in [2.05, 4.69) is 5.10 Å². The molecule has 10 nitrogen and oxygen atoms in total. The Kier molecular flexibility index (Phi) is 11.6. The molecule has 1 aliphatic carbocycles. The number of imide groups is 1. The number of benzene rings is 1. The second-order valence-corrected chi connectivity index (χ2v) is 26.6. The van der Waals surface area contributed by atoms with Gasteiger partial charge in [-0.2, -0.15) is 0 Å². The fraction of sp³-hybridized carbons (Fsp3) is 0.389. The summed E-state index contributed by atoms with van der Waals surface area (Å²) < 4.78 is 0. The Morgan fingerprint density at radius 3 is 1.67 bits per heavy atom. The molecule has 1 aliphatic heterocycles. The minimum absolute atomic E-state index is 0.147. The van der Waals surface area contributed by atoms with Crippen LogP contribution < -0.4 is 11.6 Å². The van der Waals surface area contributed by atoms with Gasteiger partial charge >= 0.3 is 55.5 Å². The van der Waals surface area contributed by atoms with E-state index in [-0.39, 0.29) is 41.9 Å². The molecule has 0 aromatic heterocycles. The number of carboxylic acid groups (broad SMARTS) is 1. The van der Waals surface area contributed by atoms with Gasteiger partial charge in [-0.25, -0.2) is 4.79 Å². The van der Waals surface area contributed by atoms with Crippen LogP contribution in [0.15, 0.2) is 29.4 Å². The molecule has 0 atom stereocenters. The normalized spacial score (nSPS) is 18.6. The van der Waals surface area contributed by atoms with Gasteiger partial charge in [0.05, 0.1) is 11.2 Å². The molecule has 33 heavy (non-hydrogen) atoms. The summed E-state index contributed by atoms with van der Waals surface area (Å²) in [7, 11) is 20.0. The summed E-state index contributed by atoms with van der Waals surface area (Å²) in [6, 6.07) is 5.57. The van der Waals surface area contributed by atoms with Crippen LogP contribution in [0.2, 0.25) is 0 Å². The minimum atomic E-state index is -3.06. The average molecular weight is 727 g/mol. The molecule has 1 heterocycles. The predicted molar refractivity (Wildman–Crippen MR) is 122 cm³/mol. The summed E-state index contributed by atoms with van der Waals surface area (Å²) in [5.74, 6) is 3.25. The third kappa shape index (κ3) is 10.2. The van der Waals surface area contributed by atoms with Gasteiger partial charge in [0, 0.05) is 31.2 Å². The summed E-state index contributed by atoms with van der Waals surface area (Å²) in [4.78, 5) is 45.7. The van der Waals surface area contributed by atoms with Crippen molar-refractivity contribution in [2.45, 2.75) is 44.2 Å². The number of aromatic carboxylic acids is 1. The zero-order valence-corrected chi connectivity index (χ0v) is 22.3. The molecule has 1 aromatic carbocycles. The van der Waals surface area contributed by atoms with Crippen molar-refractivity contribution in [1.82, 2.24) is 4.90 Å². The second kappa shape index (κ2) is 12.9. The van der Waals surface area contributed by atoms with Gasteiger partial charge in [0.15, 0.2) is 0 Å². The number of carbonyl (C=O) groups excluding carboxylic acids is 3. The van der Waals surface area contributed by atoms with Crippen molar-refractivity contribution in [3.63, 3.8) is 0 Å². The molecule has 0 radical (unpaired) electrons. The van der Waals surface area contributed by atoms with Gasteiger partial charge in [-0.05, 0) is 37.1 Å². The Morgan fingerprint density at radius 1 is 0.909 bits per heavy atom. The van der Waals surface area contributed by atoms with E-state index in [9.17, 15) is 19.2 Å². The number of aliphatic hydroxyl groups is 1. The number of ketones is 1. The average Bonchev–Trinajstić information content (AvgIpc) is 3.08. The molecule has 3 rings (SSSR count). The van der Waals surface area contributed by atoms with E-state index in [1.165, 1.54) is 29.2 Å². The van der Waals surface area contributed by atoms with Gasteiger partial charge in [0.1, 0.15) is 5.78 Å². The number of likely N-dealkylation sites (tertiary alicyclic amines) is 1. The number of hydrogen-bond donors (Lipinski definition) is 4. The van der Waals surface area contributed by atoms with Crippen LogP contribution in [-0.4, -0.2) is 50.2 Å². The summed E-state index contributed by atoms with van der Waals surface area (Å²) >= 11 is -3.06. The second-order valence-electron chi connectivity index (χ2n) is 6.87. The number of carboxylic acids is 1. The molecule has 0 spiro atoms. The maximum atomic E-state index is 11.5.